The van der Waals surface area contributed by atoms with E-state index in [1.807, 2.05) is 0 Å². The van der Waals surface area contributed by atoms with Gasteiger partial charge in [0.05, 0.1) is 5.60 Å². The van der Waals surface area contributed by atoms with Crippen LogP contribution in [0.15, 0.2) is 0 Å². The zero-order valence-corrected chi connectivity index (χ0v) is 12.8. The Bertz CT molecular complexity index is 293. The van der Waals surface area contributed by atoms with Crippen LogP contribution < -0.4 is 10.6 Å². The molecule has 0 heterocycles. The van der Waals surface area contributed by atoms with Crippen LogP contribution in [0, 0.1) is 0 Å². The van der Waals surface area contributed by atoms with Gasteiger partial charge in [0.2, 0.25) is 11.8 Å². The van der Waals surface area contributed by atoms with Crippen molar-refractivity contribution in [3.8, 4) is 0 Å². The molecule has 1 atom stereocenters. The Morgan fingerprint density at radius 1 is 1.20 bits per heavy atom. The lowest BCUT2D eigenvalue weighted by Gasteiger charge is -2.23. The molecule has 0 aliphatic heterocycles. The van der Waals surface area contributed by atoms with E-state index in [0.717, 1.165) is 19.3 Å². The molecule has 3 N–H and O–H groups in total. The van der Waals surface area contributed by atoms with Crippen LogP contribution in [0.5, 0.6) is 0 Å². The second-order valence-electron chi connectivity index (χ2n) is 5.31. The normalized spacial score (nSPS) is 13.6. The van der Waals surface area contributed by atoms with Crippen molar-refractivity contribution in [2.75, 3.05) is 26.8 Å². The molecule has 6 nitrogen and oxygen atoms in total. The second-order valence-corrected chi connectivity index (χ2v) is 5.31. The summed E-state index contributed by atoms with van der Waals surface area (Å²) in [4.78, 5) is 22.2. The van der Waals surface area contributed by atoms with Crippen molar-refractivity contribution in [2.45, 2.75) is 51.6 Å². The lowest BCUT2D eigenvalue weighted by molar-refractivity contribution is -0.122. The zero-order valence-electron chi connectivity index (χ0n) is 12.8. The first-order valence-electron chi connectivity index (χ1n) is 7.10. The summed E-state index contributed by atoms with van der Waals surface area (Å²) in [6.45, 7) is 4.53. The Balaban J connectivity index is 3.56. The van der Waals surface area contributed by atoms with Gasteiger partial charge in [0, 0.05) is 46.6 Å². The fourth-order valence-electron chi connectivity index (χ4n) is 1.64. The van der Waals surface area contributed by atoms with Gasteiger partial charge in [-0.3, -0.25) is 9.59 Å². The minimum absolute atomic E-state index is 0.0268. The average Bonchev–Trinajstić information content (AvgIpc) is 2.38. The number of methoxy groups -OCH3 is 1. The SMILES string of the molecule is COCCC(C)(O)CNC(=O)CCCCCNC(C)=O. The zero-order chi connectivity index (χ0) is 15.4. The molecular formula is C14H28N2O4. The molecule has 6 heteroatoms. The highest BCUT2D eigenvalue weighted by Crippen LogP contribution is 2.08. The molecule has 1 unspecified atom stereocenters. The van der Waals surface area contributed by atoms with Gasteiger partial charge in [0.25, 0.3) is 0 Å². The van der Waals surface area contributed by atoms with Crippen LogP contribution in [0.2, 0.25) is 0 Å². The Morgan fingerprint density at radius 2 is 1.90 bits per heavy atom. The average molecular weight is 288 g/mol. The third-order valence-electron chi connectivity index (χ3n) is 2.97. The summed E-state index contributed by atoms with van der Waals surface area (Å²) < 4.78 is 4.90. The van der Waals surface area contributed by atoms with E-state index >= 15 is 0 Å². The van der Waals surface area contributed by atoms with Crippen LogP contribution in [0.4, 0.5) is 0 Å². The predicted molar refractivity (Wildman–Crippen MR) is 77.3 cm³/mol. The van der Waals surface area contributed by atoms with E-state index in [-0.39, 0.29) is 18.4 Å². The van der Waals surface area contributed by atoms with Gasteiger partial charge in [-0.2, -0.15) is 0 Å². The number of aliphatic hydroxyl groups is 1. The quantitative estimate of drug-likeness (QED) is 0.485. The van der Waals surface area contributed by atoms with Gasteiger partial charge in [-0.05, 0) is 19.8 Å². The molecule has 0 spiro atoms. The van der Waals surface area contributed by atoms with E-state index in [0.29, 0.717) is 26.0 Å². The number of nitrogens with one attached hydrogen (secondary N) is 2. The largest absolute Gasteiger partial charge is 0.388 e. The molecule has 0 rings (SSSR count). The van der Waals surface area contributed by atoms with Crippen LogP contribution >= 0.6 is 0 Å². The van der Waals surface area contributed by atoms with Gasteiger partial charge >= 0.3 is 0 Å². The van der Waals surface area contributed by atoms with Crippen LogP contribution in [-0.2, 0) is 14.3 Å². The minimum atomic E-state index is -0.933. The molecule has 0 saturated heterocycles. The molecule has 118 valence electrons. The molecule has 0 fully saturated rings. The maximum absolute atomic E-state index is 11.6. The number of hydrogen-bond acceptors (Lipinski definition) is 4. The van der Waals surface area contributed by atoms with Crippen molar-refractivity contribution in [2.24, 2.45) is 0 Å². The highest BCUT2D eigenvalue weighted by atomic mass is 16.5. The number of rotatable bonds is 11. The fraction of sp³-hybridized carbons (Fsp3) is 0.857. The van der Waals surface area contributed by atoms with Crippen LogP contribution in [0.3, 0.4) is 0 Å². The summed E-state index contributed by atoms with van der Waals surface area (Å²) in [5.74, 6) is -0.0803. The van der Waals surface area contributed by atoms with Gasteiger partial charge < -0.3 is 20.5 Å². The summed E-state index contributed by atoms with van der Waals surface area (Å²) in [6.07, 6.45) is 3.48. The Labute approximate surface area is 121 Å². The molecule has 0 aromatic rings. The Hall–Kier alpha value is -1.14. The number of carbonyl (C=O) groups is 2. The predicted octanol–water partition coefficient (Wildman–Crippen LogP) is 0.587. The first-order chi connectivity index (χ1) is 9.37. The van der Waals surface area contributed by atoms with Crippen molar-refractivity contribution in [3.05, 3.63) is 0 Å². The van der Waals surface area contributed by atoms with Gasteiger partial charge in [-0.25, -0.2) is 0 Å². The van der Waals surface area contributed by atoms with Gasteiger partial charge in [0.15, 0.2) is 0 Å². The molecular weight excluding hydrogens is 260 g/mol. The summed E-state index contributed by atoms with van der Waals surface area (Å²) in [7, 11) is 1.58. The van der Waals surface area contributed by atoms with E-state index in [2.05, 4.69) is 10.6 Å². The van der Waals surface area contributed by atoms with E-state index in [4.69, 9.17) is 4.74 Å². The van der Waals surface area contributed by atoms with E-state index in [1.54, 1.807) is 14.0 Å². The van der Waals surface area contributed by atoms with Crippen molar-refractivity contribution in [1.82, 2.24) is 10.6 Å². The molecule has 0 aliphatic carbocycles. The Morgan fingerprint density at radius 3 is 2.50 bits per heavy atom. The maximum Gasteiger partial charge on any atom is 0.220 e. The lowest BCUT2D eigenvalue weighted by atomic mass is 10.0. The summed E-state index contributed by atoms with van der Waals surface area (Å²) in [5, 5.41) is 15.4. The van der Waals surface area contributed by atoms with Crippen molar-refractivity contribution in [1.29, 1.82) is 0 Å². The number of amides is 2. The highest BCUT2D eigenvalue weighted by Gasteiger charge is 2.20. The highest BCUT2D eigenvalue weighted by molar-refractivity contribution is 5.75. The summed E-state index contributed by atoms with van der Waals surface area (Å²) >= 11 is 0. The maximum atomic E-state index is 11.6. The summed E-state index contributed by atoms with van der Waals surface area (Å²) in [5.41, 5.74) is -0.933. The topological polar surface area (TPSA) is 87.7 Å². The van der Waals surface area contributed by atoms with Crippen LogP contribution in [0.1, 0.15) is 46.0 Å². The molecule has 0 saturated carbocycles. The van der Waals surface area contributed by atoms with E-state index < -0.39 is 5.60 Å². The number of ether oxygens (including phenoxy) is 1. The van der Waals surface area contributed by atoms with Gasteiger partial charge in [0.1, 0.15) is 0 Å². The smallest absolute Gasteiger partial charge is 0.220 e. The molecule has 0 aliphatic rings. The molecule has 0 aromatic carbocycles. The first-order valence-corrected chi connectivity index (χ1v) is 7.10. The standard InChI is InChI=1S/C14H28N2O4/c1-12(17)15-9-6-4-5-7-13(18)16-11-14(2,19)8-10-20-3/h19H,4-11H2,1-3H3,(H,15,17)(H,16,18). The van der Waals surface area contributed by atoms with Crippen LogP contribution in [-0.4, -0.2) is 49.3 Å². The molecule has 0 aromatic heterocycles. The number of carbonyl (C=O) groups excluding carboxylic acids is 2. The fourth-order valence-corrected chi connectivity index (χ4v) is 1.64. The van der Waals surface area contributed by atoms with E-state index in [1.165, 1.54) is 6.92 Å². The third kappa shape index (κ3) is 11.9. The molecule has 20 heavy (non-hydrogen) atoms. The number of unbranched alkanes of at least 4 members (excludes halogenated alkanes) is 2. The van der Waals surface area contributed by atoms with Crippen LogP contribution in [0.25, 0.3) is 0 Å². The third-order valence-corrected chi connectivity index (χ3v) is 2.97. The van der Waals surface area contributed by atoms with Gasteiger partial charge in [-0.15, -0.1) is 0 Å². The molecule has 0 bridgehead atoms. The van der Waals surface area contributed by atoms with Crippen molar-refractivity contribution < 1.29 is 19.4 Å². The Kier molecular flexibility index (Phi) is 10.0. The lowest BCUT2D eigenvalue weighted by Crippen LogP contribution is -2.41. The minimum Gasteiger partial charge on any atom is -0.388 e. The number of hydrogen-bond donors (Lipinski definition) is 3. The summed E-state index contributed by atoms with van der Waals surface area (Å²) in [6, 6.07) is 0. The van der Waals surface area contributed by atoms with Gasteiger partial charge in [-0.1, -0.05) is 6.42 Å². The monoisotopic (exact) mass is 288 g/mol. The van der Waals surface area contributed by atoms with E-state index in [9.17, 15) is 14.7 Å². The second kappa shape index (κ2) is 10.6. The van der Waals surface area contributed by atoms with Crippen molar-refractivity contribution >= 4 is 11.8 Å². The van der Waals surface area contributed by atoms with Crippen molar-refractivity contribution in [3.63, 3.8) is 0 Å². The first kappa shape index (κ1) is 18.9. The molecule has 0 radical (unpaired) electrons. The molecule has 2 amide bonds.